The Morgan fingerprint density at radius 2 is 1.65 bits per heavy atom. The van der Waals surface area contributed by atoms with Crippen molar-refractivity contribution >= 4 is 18.9 Å². The van der Waals surface area contributed by atoms with Crippen molar-refractivity contribution in [2.45, 2.75) is 31.8 Å². The molecule has 2 rings (SSSR count). The summed E-state index contributed by atoms with van der Waals surface area (Å²) in [6.45, 7) is 10.3. The van der Waals surface area contributed by atoms with Crippen molar-refractivity contribution in [3.63, 3.8) is 0 Å². The topological polar surface area (TPSA) is 29.1 Å². The first kappa shape index (κ1) is 18.2. The maximum Gasteiger partial charge on any atom is 0.268 e. The van der Waals surface area contributed by atoms with Gasteiger partial charge in [0.1, 0.15) is 5.82 Å². The molecular weight excluding hydrogens is 349 g/mol. The fourth-order valence-corrected chi connectivity index (χ4v) is 4.78. The number of aryl methyl sites for hydroxylation is 2. The van der Waals surface area contributed by atoms with Crippen molar-refractivity contribution in [3.05, 3.63) is 29.1 Å². The van der Waals surface area contributed by atoms with Crippen LogP contribution in [0.1, 0.15) is 24.0 Å². The van der Waals surface area contributed by atoms with Gasteiger partial charge in [-0.05, 0) is 37.1 Å². The van der Waals surface area contributed by atoms with Crippen LogP contribution < -0.4 is 5.32 Å². The summed E-state index contributed by atoms with van der Waals surface area (Å²) in [5.41, 5.74) is 2.34. The van der Waals surface area contributed by atoms with Crippen LogP contribution in [-0.2, 0) is 37.5 Å². The second-order valence-electron chi connectivity index (χ2n) is 6.41. The molecule has 0 heterocycles. The maximum absolute atomic E-state index is 13.3. The van der Waals surface area contributed by atoms with Gasteiger partial charge in [0.25, 0.3) is 5.91 Å². The van der Waals surface area contributed by atoms with Crippen molar-refractivity contribution in [2.75, 3.05) is 25.3 Å². The van der Waals surface area contributed by atoms with Gasteiger partial charge < -0.3 is 5.32 Å². The molecule has 1 aliphatic carbocycles. The summed E-state index contributed by atoms with van der Waals surface area (Å²) in [6.07, 6.45) is 1.96. The number of hydrogen-bond donors (Lipinski definition) is 1. The number of nitrogens with one attached hydrogen (secondary N) is 1. The molecule has 0 aromatic heterocycles. The molecule has 0 saturated heterocycles. The van der Waals surface area contributed by atoms with Crippen molar-refractivity contribution in [2.24, 2.45) is 0 Å². The monoisotopic (exact) mass is 371 g/mol. The molecule has 5 heteroatoms. The van der Waals surface area contributed by atoms with E-state index in [9.17, 15) is 9.18 Å². The molecule has 1 fully saturated rings. The van der Waals surface area contributed by atoms with Crippen LogP contribution in [-0.4, -0.2) is 31.1 Å². The molecule has 1 aromatic carbocycles. The van der Waals surface area contributed by atoms with Crippen LogP contribution >= 0.6 is 7.26 Å². The van der Waals surface area contributed by atoms with E-state index < -0.39 is 7.26 Å². The molecule has 20 heavy (non-hydrogen) atoms. The second kappa shape index (κ2) is 6.11. The smallest absolute Gasteiger partial charge is 0.268 e. The molecule has 1 N–H and O–H groups in total. The Bertz CT molecular complexity index is 512. The van der Waals surface area contributed by atoms with Gasteiger partial charge in [0.15, 0.2) is 5.16 Å². The first-order chi connectivity index (χ1) is 8.67. The zero-order valence-corrected chi connectivity index (χ0v) is 16.6. The van der Waals surface area contributed by atoms with E-state index in [1.54, 1.807) is 0 Å². The normalized spacial score (nSPS) is 16.3. The van der Waals surface area contributed by atoms with Crippen molar-refractivity contribution < 1.29 is 41.9 Å². The average molecular weight is 371 g/mol. The van der Waals surface area contributed by atoms with E-state index in [4.69, 9.17) is 0 Å². The summed E-state index contributed by atoms with van der Waals surface area (Å²) in [5, 5.41) is 2.88. The van der Waals surface area contributed by atoms with Gasteiger partial charge in [-0.1, -0.05) is 0 Å². The Labute approximate surface area is 146 Å². The van der Waals surface area contributed by atoms with Crippen LogP contribution in [0.4, 0.5) is 10.1 Å². The predicted molar refractivity (Wildman–Crippen MR) is 81.2 cm³/mol. The Hall–Kier alpha value is 0.154. The molecule has 2 nitrogen and oxygen atoms in total. The minimum atomic E-state index is -1.23. The molecule has 0 aliphatic heterocycles. The number of hydrogen-bond acceptors (Lipinski definition) is 1. The van der Waals surface area contributed by atoms with Crippen molar-refractivity contribution in [1.82, 2.24) is 0 Å². The minimum absolute atomic E-state index is 0. The quantitative estimate of drug-likeness (QED) is 0.805. The van der Waals surface area contributed by atoms with Gasteiger partial charge in [0, 0.05) is 78.5 Å². The average Bonchev–Trinajstić information content (AvgIpc) is 3.02. The summed E-state index contributed by atoms with van der Waals surface area (Å²) in [4.78, 5) is 12.6. The number of rotatable bonds is 3. The standard InChI is InChI=1S/C15H21FNOP.Y/c1-10-8-12(16)9-11(2)13(10)17-14(18)15(6-7-15)19(3,4)5;/h8-9H,6-7H2,1-5H3;/p+1. The van der Waals surface area contributed by atoms with E-state index >= 15 is 0 Å². The summed E-state index contributed by atoms with van der Waals surface area (Å²) < 4.78 is 13.3. The van der Waals surface area contributed by atoms with E-state index in [2.05, 4.69) is 25.3 Å². The number of carbonyl (C=O) groups is 1. The number of carbonyl (C=O) groups excluding carboxylic acids is 1. The molecule has 1 saturated carbocycles. The minimum Gasteiger partial charge on any atom is -0.322 e. The maximum atomic E-state index is 13.3. The van der Waals surface area contributed by atoms with Crippen LogP contribution in [0, 0.1) is 19.7 Å². The fourth-order valence-electron chi connectivity index (χ4n) is 2.66. The Morgan fingerprint density at radius 3 is 2.00 bits per heavy atom. The molecular formula is C15H22FNOPY+. The van der Waals surface area contributed by atoms with Gasteiger partial charge in [0.05, 0.1) is 0 Å². The molecule has 1 aliphatic rings. The van der Waals surface area contributed by atoms with Crippen molar-refractivity contribution in [3.8, 4) is 0 Å². The summed E-state index contributed by atoms with van der Waals surface area (Å²) in [7, 11) is -1.23. The number of amides is 1. The van der Waals surface area contributed by atoms with Gasteiger partial charge >= 0.3 is 0 Å². The molecule has 1 radical (unpaired) electrons. The summed E-state index contributed by atoms with van der Waals surface area (Å²) in [5.74, 6) is -0.136. The molecule has 1 aromatic rings. The third-order valence-corrected chi connectivity index (χ3v) is 7.38. The van der Waals surface area contributed by atoms with E-state index in [1.807, 2.05) is 13.8 Å². The molecule has 107 valence electrons. The molecule has 0 bridgehead atoms. The largest absolute Gasteiger partial charge is 0.322 e. The first-order valence-electron chi connectivity index (χ1n) is 6.57. The number of benzene rings is 1. The molecule has 0 unspecified atom stereocenters. The SMILES string of the molecule is Cc1cc(F)cc(C)c1NC(=O)C1([P+](C)(C)C)CC1.[Y]. The second-order valence-corrected chi connectivity index (χ2v) is 11.3. The fraction of sp³-hybridized carbons (Fsp3) is 0.533. The van der Waals surface area contributed by atoms with E-state index in [0.29, 0.717) is 0 Å². The van der Waals surface area contributed by atoms with Gasteiger partial charge in [-0.15, -0.1) is 0 Å². The summed E-state index contributed by atoms with van der Waals surface area (Å²) in [6, 6.07) is 2.93. The Morgan fingerprint density at radius 1 is 1.20 bits per heavy atom. The molecule has 1 amide bonds. The predicted octanol–water partition coefficient (Wildman–Crippen LogP) is 3.82. The van der Waals surface area contributed by atoms with Crippen LogP contribution in [0.15, 0.2) is 12.1 Å². The van der Waals surface area contributed by atoms with Crippen molar-refractivity contribution in [1.29, 1.82) is 0 Å². The third kappa shape index (κ3) is 3.31. The van der Waals surface area contributed by atoms with E-state index in [1.165, 1.54) is 12.1 Å². The Kier molecular flexibility index (Phi) is 5.56. The first-order valence-corrected chi connectivity index (χ1v) is 9.70. The van der Waals surface area contributed by atoms with Crippen LogP contribution in [0.5, 0.6) is 0 Å². The zero-order chi connectivity index (χ0) is 14.4. The van der Waals surface area contributed by atoms with Crippen LogP contribution in [0.25, 0.3) is 0 Å². The zero-order valence-electron chi connectivity index (χ0n) is 12.9. The van der Waals surface area contributed by atoms with Gasteiger partial charge in [-0.2, -0.15) is 0 Å². The van der Waals surface area contributed by atoms with Crippen LogP contribution in [0.3, 0.4) is 0 Å². The number of anilines is 1. The van der Waals surface area contributed by atoms with Gasteiger partial charge in [0.2, 0.25) is 0 Å². The molecule has 0 spiro atoms. The summed E-state index contributed by atoms with van der Waals surface area (Å²) >= 11 is 0. The van der Waals surface area contributed by atoms with Gasteiger partial charge in [-0.25, -0.2) is 4.39 Å². The van der Waals surface area contributed by atoms with E-state index in [-0.39, 0.29) is 49.6 Å². The van der Waals surface area contributed by atoms with E-state index in [0.717, 1.165) is 29.7 Å². The third-order valence-electron chi connectivity index (χ3n) is 4.17. The Balaban J connectivity index is 0.00000200. The number of halogens is 1. The molecule has 0 atom stereocenters. The van der Waals surface area contributed by atoms with Crippen LogP contribution in [0.2, 0.25) is 0 Å². The van der Waals surface area contributed by atoms with Gasteiger partial charge in [-0.3, -0.25) is 4.79 Å².